The normalized spacial score (nSPS) is 12.2. The Balaban J connectivity index is 1.94. The predicted molar refractivity (Wildman–Crippen MR) is 117 cm³/mol. The van der Waals surface area contributed by atoms with Crippen molar-refractivity contribution >= 4 is 21.6 Å². The van der Waals surface area contributed by atoms with Crippen LogP contribution in [0.15, 0.2) is 54.6 Å². The summed E-state index contributed by atoms with van der Waals surface area (Å²) in [7, 11) is -3.62. The van der Waals surface area contributed by atoms with Crippen LogP contribution in [-0.4, -0.2) is 39.8 Å². The maximum atomic E-state index is 12.7. The van der Waals surface area contributed by atoms with Crippen LogP contribution in [-0.2, 0) is 21.2 Å². The second kappa shape index (κ2) is 10.9. The zero-order chi connectivity index (χ0) is 21.3. The van der Waals surface area contributed by atoms with Crippen LogP contribution in [0.1, 0.15) is 32.3 Å². The number of nitrogens with zero attached hydrogens (tertiary/aromatic N) is 1. The van der Waals surface area contributed by atoms with E-state index in [9.17, 15) is 13.2 Å². The van der Waals surface area contributed by atoms with Crippen molar-refractivity contribution in [2.24, 2.45) is 0 Å². The number of benzene rings is 2. The lowest BCUT2D eigenvalue weighted by atomic mass is 10.1. The molecule has 1 N–H and O–H groups in total. The van der Waals surface area contributed by atoms with E-state index in [1.54, 1.807) is 37.3 Å². The topological polar surface area (TPSA) is 75.7 Å². The van der Waals surface area contributed by atoms with Gasteiger partial charge in [-0.3, -0.25) is 9.10 Å². The highest BCUT2D eigenvalue weighted by Crippen LogP contribution is 2.22. The number of hydrogen-bond donors (Lipinski definition) is 1. The van der Waals surface area contributed by atoms with Crippen LogP contribution >= 0.6 is 0 Å². The molecule has 1 amide bonds. The Bertz CT molecular complexity index is 867. The van der Waals surface area contributed by atoms with Crippen molar-refractivity contribution in [2.45, 2.75) is 39.2 Å². The summed E-state index contributed by atoms with van der Waals surface area (Å²) in [4.78, 5) is 12.7. The molecule has 0 aliphatic rings. The number of sulfonamides is 1. The smallest absolute Gasteiger partial charge is 0.244 e. The number of carbonyl (C=O) groups is 1. The number of aryl methyl sites for hydroxylation is 1. The minimum absolute atomic E-state index is 0.290. The van der Waals surface area contributed by atoms with Gasteiger partial charge < -0.3 is 10.1 Å². The number of hydrogen-bond acceptors (Lipinski definition) is 4. The monoisotopic (exact) mass is 418 g/mol. The van der Waals surface area contributed by atoms with Gasteiger partial charge in [-0.1, -0.05) is 50.6 Å². The van der Waals surface area contributed by atoms with E-state index in [0.29, 0.717) is 25.3 Å². The van der Waals surface area contributed by atoms with Crippen molar-refractivity contribution in [3.05, 3.63) is 60.2 Å². The second-order valence-electron chi connectivity index (χ2n) is 6.85. The molecule has 7 heteroatoms. The van der Waals surface area contributed by atoms with Crippen molar-refractivity contribution in [1.82, 2.24) is 5.32 Å². The summed E-state index contributed by atoms with van der Waals surface area (Å²) in [5.74, 6) is 0.400. The molecule has 0 unspecified atom stereocenters. The van der Waals surface area contributed by atoms with Gasteiger partial charge in [0.25, 0.3) is 0 Å². The fourth-order valence-electron chi connectivity index (χ4n) is 3.14. The Kier molecular flexibility index (Phi) is 8.51. The third-order valence-corrected chi connectivity index (χ3v) is 5.65. The molecule has 0 aromatic heterocycles. The van der Waals surface area contributed by atoms with Gasteiger partial charge in [0, 0.05) is 0 Å². The van der Waals surface area contributed by atoms with Crippen LogP contribution < -0.4 is 14.4 Å². The number of carbonyl (C=O) groups excluding carboxylic acids is 1. The van der Waals surface area contributed by atoms with Gasteiger partial charge in [-0.25, -0.2) is 8.42 Å². The predicted octanol–water partition coefficient (Wildman–Crippen LogP) is 3.38. The number of nitrogens with one attached hydrogen (secondary N) is 1. The zero-order valence-corrected chi connectivity index (χ0v) is 18.1. The average molecular weight is 419 g/mol. The Hall–Kier alpha value is -2.54. The van der Waals surface area contributed by atoms with Gasteiger partial charge in [-0.15, -0.1) is 0 Å². The fourth-order valence-corrected chi connectivity index (χ4v) is 4.35. The molecule has 2 aromatic carbocycles. The van der Waals surface area contributed by atoms with Gasteiger partial charge in [-0.05, 0) is 42.7 Å². The lowest BCUT2D eigenvalue weighted by Gasteiger charge is -2.30. The van der Waals surface area contributed by atoms with Gasteiger partial charge >= 0.3 is 0 Å². The molecule has 0 heterocycles. The third-order valence-electron chi connectivity index (χ3n) is 4.47. The van der Waals surface area contributed by atoms with Gasteiger partial charge in [0.15, 0.2) is 0 Å². The maximum absolute atomic E-state index is 12.7. The first-order valence-corrected chi connectivity index (χ1v) is 11.8. The zero-order valence-electron chi connectivity index (χ0n) is 17.3. The molecule has 0 spiro atoms. The van der Waals surface area contributed by atoms with Crippen LogP contribution in [0.3, 0.4) is 0 Å². The largest absolute Gasteiger partial charge is 0.492 e. The quantitative estimate of drug-likeness (QED) is 0.568. The van der Waals surface area contributed by atoms with E-state index in [1.165, 1.54) is 9.87 Å². The summed E-state index contributed by atoms with van der Waals surface area (Å²) in [5, 5.41) is 2.79. The van der Waals surface area contributed by atoms with Crippen molar-refractivity contribution in [1.29, 1.82) is 0 Å². The molecule has 0 radical (unpaired) electrons. The Morgan fingerprint density at radius 3 is 2.28 bits per heavy atom. The minimum Gasteiger partial charge on any atom is -0.492 e. The molecule has 1 atom stereocenters. The van der Waals surface area contributed by atoms with Crippen LogP contribution in [0.2, 0.25) is 0 Å². The standard InChI is InChI=1S/C22H30N2O4S/c1-4-9-18-12-14-20(15-13-18)28-17-16-23-22(25)21(5-2)24(29(3,26)27)19-10-7-6-8-11-19/h6-8,10-15,21H,4-5,9,16-17H2,1-3H3,(H,23,25)/t21-/m1/s1. The summed E-state index contributed by atoms with van der Waals surface area (Å²) in [6.45, 7) is 4.52. The molecule has 2 aromatic rings. The highest BCUT2D eigenvalue weighted by atomic mass is 32.2. The summed E-state index contributed by atoms with van der Waals surface area (Å²) < 4.78 is 31.5. The molecule has 29 heavy (non-hydrogen) atoms. The van der Waals surface area contributed by atoms with E-state index < -0.39 is 16.1 Å². The van der Waals surface area contributed by atoms with Gasteiger partial charge in [0.05, 0.1) is 18.5 Å². The van der Waals surface area contributed by atoms with E-state index in [4.69, 9.17) is 4.74 Å². The summed E-state index contributed by atoms with van der Waals surface area (Å²) in [6.07, 6.45) is 3.60. The number of anilines is 1. The van der Waals surface area contributed by atoms with Crippen molar-refractivity contribution < 1.29 is 17.9 Å². The van der Waals surface area contributed by atoms with Crippen LogP contribution in [0.4, 0.5) is 5.69 Å². The molecule has 0 fully saturated rings. The first-order valence-electron chi connectivity index (χ1n) is 9.90. The first kappa shape index (κ1) is 22.7. The first-order chi connectivity index (χ1) is 13.9. The lowest BCUT2D eigenvalue weighted by Crippen LogP contribution is -2.49. The maximum Gasteiger partial charge on any atom is 0.244 e. The van der Waals surface area contributed by atoms with Gasteiger partial charge in [0.2, 0.25) is 15.9 Å². The van der Waals surface area contributed by atoms with E-state index in [2.05, 4.69) is 12.2 Å². The molecule has 0 saturated carbocycles. The number of amides is 1. The van der Waals surface area contributed by atoms with Gasteiger partial charge in [0.1, 0.15) is 18.4 Å². The molecule has 158 valence electrons. The number of rotatable bonds is 11. The molecular formula is C22H30N2O4S. The summed E-state index contributed by atoms with van der Waals surface area (Å²) in [5.41, 5.74) is 1.74. The van der Waals surface area contributed by atoms with Gasteiger partial charge in [-0.2, -0.15) is 0 Å². The molecule has 0 bridgehead atoms. The SMILES string of the molecule is CCCc1ccc(OCCNC(=O)[C@@H](CC)N(c2ccccc2)S(C)(=O)=O)cc1. The Labute approximate surface area is 173 Å². The Morgan fingerprint density at radius 1 is 1.07 bits per heavy atom. The molecule has 6 nitrogen and oxygen atoms in total. The van der Waals surface area contributed by atoms with Crippen molar-refractivity contribution in [2.75, 3.05) is 23.7 Å². The third kappa shape index (κ3) is 6.78. The summed E-state index contributed by atoms with van der Waals surface area (Å²) in [6, 6.07) is 15.8. The number of para-hydroxylation sites is 1. The molecule has 0 aliphatic heterocycles. The fraction of sp³-hybridized carbons (Fsp3) is 0.409. The van der Waals surface area contributed by atoms with E-state index in [0.717, 1.165) is 24.8 Å². The highest BCUT2D eigenvalue weighted by molar-refractivity contribution is 7.92. The highest BCUT2D eigenvalue weighted by Gasteiger charge is 2.31. The summed E-state index contributed by atoms with van der Waals surface area (Å²) >= 11 is 0. The molecule has 2 rings (SSSR count). The van der Waals surface area contributed by atoms with E-state index in [1.807, 2.05) is 24.3 Å². The molecule has 0 saturated heterocycles. The van der Waals surface area contributed by atoms with E-state index >= 15 is 0 Å². The lowest BCUT2D eigenvalue weighted by molar-refractivity contribution is -0.122. The van der Waals surface area contributed by atoms with Crippen molar-refractivity contribution in [3.63, 3.8) is 0 Å². The van der Waals surface area contributed by atoms with Crippen LogP contribution in [0.25, 0.3) is 0 Å². The average Bonchev–Trinajstić information content (AvgIpc) is 2.70. The van der Waals surface area contributed by atoms with Crippen LogP contribution in [0.5, 0.6) is 5.75 Å². The Morgan fingerprint density at radius 2 is 1.72 bits per heavy atom. The number of ether oxygens (including phenoxy) is 1. The van der Waals surface area contributed by atoms with Crippen LogP contribution in [0, 0.1) is 0 Å². The second-order valence-corrected chi connectivity index (χ2v) is 8.71. The minimum atomic E-state index is -3.62. The molecule has 0 aliphatic carbocycles. The van der Waals surface area contributed by atoms with E-state index in [-0.39, 0.29) is 5.91 Å². The molecular weight excluding hydrogens is 388 g/mol. The van der Waals surface area contributed by atoms with Crippen molar-refractivity contribution in [3.8, 4) is 5.75 Å².